The SMILES string of the molecule is C=C(CCO[Si](C)(C)C(C)(C)C)[Si](C)(C)CC. The van der Waals surface area contributed by atoms with Crippen molar-refractivity contribution < 1.29 is 4.43 Å². The van der Waals surface area contributed by atoms with Crippen molar-refractivity contribution in [2.45, 2.75) is 71.4 Å². The van der Waals surface area contributed by atoms with Crippen molar-refractivity contribution in [1.29, 1.82) is 0 Å². The average molecular weight is 273 g/mol. The van der Waals surface area contributed by atoms with Gasteiger partial charge in [0.25, 0.3) is 0 Å². The maximum atomic E-state index is 6.20. The van der Waals surface area contributed by atoms with Crippen molar-refractivity contribution in [1.82, 2.24) is 0 Å². The van der Waals surface area contributed by atoms with E-state index in [9.17, 15) is 0 Å². The predicted octanol–water partition coefficient (Wildman–Crippen LogP) is 5.22. The maximum absolute atomic E-state index is 6.20. The molecule has 0 saturated carbocycles. The van der Waals surface area contributed by atoms with Crippen molar-refractivity contribution in [3.63, 3.8) is 0 Å². The van der Waals surface area contributed by atoms with Crippen LogP contribution >= 0.6 is 0 Å². The van der Waals surface area contributed by atoms with Gasteiger partial charge < -0.3 is 4.43 Å². The number of hydrogen-bond acceptors (Lipinski definition) is 1. The van der Waals surface area contributed by atoms with E-state index < -0.39 is 16.4 Å². The lowest BCUT2D eigenvalue weighted by atomic mass is 10.2. The van der Waals surface area contributed by atoms with E-state index in [1.165, 1.54) is 11.2 Å². The van der Waals surface area contributed by atoms with Crippen LogP contribution in [0.4, 0.5) is 0 Å². The van der Waals surface area contributed by atoms with Crippen molar-refractivity contribution in [2.75, 3.05) is 6.61 Å². The molecule has 0 aliphatic carbocycles. The van der Waals surface area contributed by atoms with Crippen LogP contribution in [0, 0.1) is 0 Å². The largest absolute Gasteiger partial charge is 0.417 e. The Morgan fingerprint density at radius 3 is 1.94 bits per heavy atom. The number of rotatable bonds is 6. The Kier molecular flexibility index (Phi) is 5.90. The molecule has 0 aromatic heterocycles. The van der Waals surface area contributed by atoms with Gasteiger partial charge in [-0.05, 0) is 24.6 Å². The molecule has 0 spiro atoms. The predicted molar refractivity (Wildman–Crippen MR) is 84.9 cm³/mol. The van der Waals surface area contributed by atoms with E-state index in [1.54, 1.807) is 0 Å². The third-order valence-electron chi connectivity index (χ3n) is 4.51. The summed E-state index contributed by atoms with van der Waals surface area (Å²) in [5, 5.41) is 1.77. The first-order chi connectivity index (χ1) is 7.44. The van der Waals surface area contributed by atoms with E-state index >= 15 is 0 Å². The van der Waals surface area contributed by atoms with Crippen LogP contribution in [0.3, 0.4) is 0 Å². The van der Waals surface area contributed by atoms with Crippen LogP contribution in [0.15, 0.2) is 11.8 Å². The van der Waals surface area contributed by atoms with E-state index in [0.29, 0.717) is 5.04 Å². The molecule has 0 bridgehead atoms. The Balaban J connectivity index is 4.22. The summed E-state index contributed by atoms with van der Waals surface area (Å²) < 4.78 is 6.20. The molecule has 3 heteroatoms. The molecule has 0 atom stereocenters. The Morgan fingerprint density at radius 2 is 1.59 bits per heavy atom. The minimum atomic E-state index is -1.57. The zero-order chi connectivity index (χ0) is 13.9. The third-order valence-corrected chi connectivity index (χ3v) is 13.0. The van der Waals surface area contributed by atoms with Gasteiger partial charge in [0.2, 0.25) is 0 Å². The second kappa shape index (κ2) is 5.85. The topological polar surface area (TPSA) is 9.23 Å². The van der Waals surface area contributed by atoms with E-state index in [4.69, 9.17) is 4.43 Å². The van der Waals surface area contributed by atoms with Crippen molar-refractivity contribution >= 4 is 16.4 Å². The summed E-state index contributed by atoms with van der Waals surface area (Å²) in [5.41, 5.74) is 0. The smallest absolute Gasteiger partial charge is 0.191 e. The minimum absolute atomic E-state index is 0.312. The van der Waals surface area contributed by atoms with Gasteiger partial charge in [-0.25, -0.2) is 0 Å². The summed E-state index contributed by atoms with van der Waals surface area (Å²) in [4.78, 5) is 0. The molecule has 0 saturated heterocycles. The molecule has 1 nitrogen and oxygen atoms in total. The van der Waals surface area contributed by atoms with Gasteiger partial charge in [-0.15, -0.1) is 6.58 Å². The molecule has 0 unspecified atom stereocenters. The molecule has 0 aromatic carbocycles. The van der Waals surface area contributed by atoms with Gasteiger partial charge >= 0.3 is 0 Å². The van der Waals surface area contributed by atoms with Crippen LogP contribution < -0.4 is 0 Å². The molecule has 0 aromatic rings. The first-order valence-electron chi connectivity index (χ1n) is 6.76. The highest BCUT2D eigenvalue weighted by molar-refractivity contribution is 6.84. The summed E-state index contributed by atoms with van der Waals surface area (Å²) in [6, 6.07) is 1.28. The molecule has 0 amide bonds. The van der Waals surface area contributed by atoms with Gasteiger partial charge in [0.15, 0.2) is 8.32 Å². The van der Waals surface area contributed by atoms with Crippen LogP contribution in [-0.2, 0) is 4.43 Å². The lowest BCUT2D eigenvalue weighted by Crippen LogP contribution is -2.41. The molecule has 0 heterocycles. The molecule has 0 aliphatic rings. The highest BCUT2D eigenvalue weighted by Crippen LogP contribution is 2.36. The van der Waals surface area contributed by atoms with Crippen LogP contribution in [0.1, 0.15) is 34.1 Å². The quantitative estimate of drug-likeness (QED) is 0.602. The molecule has 0 N–H and O–H groups in total. The van der Waals surface area contributed by atoms with Crippen LogP contribution in [-0.4, -0.2) is 23.0 Å². The fourth-order valence-electron chi connectivity index (χ4n) is 1.23. The first-order valence-corrected chi connectivity index (χ1v) is 12.9. The third kappa shape index (κ3) is 5.10. The zero-order valence-electron chi connectivity index (χ0n) is 13.2. The molecule has 0 fully saturated rings. The average Bonchev–Trinajstić information content (AvgIpc) is 2.15. The zero-order valence-corrected chi connectivity index (χ0v) is 15.2. The van der Waals surface area contributed by atoms with Crippen molar-refractivity contribution in [3.05, 3.63) is 11.8 Å². The summed E-state index contributed by atoms with van der Waals surface area (Å²) in [5.74, 6) is 0. The van der Waals surface area contributed by atoms with Crippen LogP contribution in [0.2, 0.25) is 37.3 Å². The summed E-state index contributed by atoms with van der Waals surface area (Å²) >= 11 is 0. The molecule has 17 heavy (non-hydrogen) atoms. The summed E-state index contributed by atoms with van der Waals surface area (Å²) in [7, 11) is -2.75. The minimum Gasteiger partial charge on any atom is -0.417 e. The van der Waals surface area contributed by atoms with Gasteiger partial charge in [-0.3, -0.25) is 0 Å². The van der Waals surface area contributed by atoms with Gasteiger partial charge in [0.05, 0.1) is 8.07 Å². The standard InChI is InChI=1S/C14H32OSi2/c1-10-16(6,7)13(2)11-12-15-17(8,9)14(3,4)5/h2,10-12H2,1,3-9H3. The lowest BCUT2D eigenvalue weighted by Gasteiger charge is -2.36. The fraction of sp³-hybridized carbons (Fsp3) is 0.857. The Bertz CT molecular complexity index is 262. The van der Waals surface area contributed by atoms with E-state index in [2.05, 4.69) is 60.5 Å². The second-order valence-corrected chi connectivity index (χ2v) is 17.2. The Labute approximate surface area is 111 Å². The highest BCUT2D eigenvalue weighted by Gasteiger charge is 2.37. The summed E-state index contributed by atoms with van der Waals surface area (Å²) in [6.07, 6.45) is 1.06. The van der Waals surface area contributed by atoms with E-state index in [1.807, 2.05) is 0 Å². The van der Waals surface area contributed by atoms with Gasteiger partial charge in [-0.2, -0.15) is 0 Å². The van der Waals surface area contributed by atoms with E-state index in [0.717, 1.165) is 13.0 Å². The molecule has 102 valence electrons. The van der Waals surface area contributed by atoms with Crippen LogP contribution in [0.5, 0.6) is 0 Å². The van der Waals surface area contributed by atoms with Crippen molar-refractivity contribution in [2.24, 2.45) is 0 Å². The van der Waals surface area contributed by atoms with Crippen LogP contribution in [0.25, 0.3) is 0 Å². The van der Waals surface area contributed by atoms with Gasteiger partial charge in [0.1, 0.15) is 0 Å². The van der Waals surface area contributed by atoms with Gasteiger partial charge in [-0.1, -0.05) is 52.0 Å². The highest BCUT2D eigenvalue weighted by atomic mass is 28.4. The fourth-order valence-corrected chi connectivity index (χ4v) is 3.56. The first kappa shape index (κ1) is 17.1. The lowest BCUT2D eigenvalue weighted by molar-refractivity contribution is 0.293. The summed E-state index contributed by atoms with van der Waals surface area (Å²) in [6.45, 7) is 23.7. The Morgan fingerprint density at radius 1 is 1.12 bits per heavy atom. The van der Waals surface area contributed by atoms with Crippen molar-refractivity contribution in [3.8, 4) is 0 Å². The molecule has 0 radical (unpaired) electrons. The normalized spacial score (nSPS) is 13.9. The molecular formula is C14H32OSi2. The Hall–Kier alpha value is 0.134. The molecule has 0 rings (SSSR count). The van der Waals surface area contributed by atoms with Gasteiger partial charge in [0, 0.05) is 6.61 Å². The monoisotopic (exact) mass is 272 g/mol. The maximum Gasteiger partial charge on any atom is 0.191 e. The molecule has 0 aliphatic heterocycles. The number of hydrogen-bond donors (Lipinski definition) is 0. The molecular weight excluding hydrogens is 240 g/mol. The second-order valence-electron chi connectivity index (χ2n) is 7.20. The van der Waals surface area contributed by atoms with E-state index in [-0.39, 0.29) is 0 Å².